The molecule has 0 aromatic heterocycles. The van der Waals surface area contributed by atoms with Gasteiger partial charge in [-0.05, 0) is 18.2 Å². The van der Waals surface area contributed by atoms with Gasteiger partial charge in [0, 0.05) is 29.1 Å². The lowest BCUT2D eigenvalue weighted by molar-refractivity contribution is -0.384. The summed E-state index contributed by atoms with van der Waals surface area (Å²) in [6.07, 6.45) is 0. The van der Waals surface area contributed by atoms with E-state index in [0.717, 1.165) is 0 Å². The average Bonchev–Trinajstić information content (AvgIpc) is 2.43. The SMILES string of the molecule is O=[N+]([O-])c1ccc(Oc2ccc(Cl)c(Cl)c2)c(CBr)c1. The van der Waals surface area contributed by atoms with Crippen LogP contribution in [0, 0.1) is 10.1 Å². The molecule has 0 amide bonds. The van der Waals surface area contributed by atoms with Crippen LogP contribution < -0.4 is 4.74 Å². The molecule has 0 radical (unpaired) electrons. The van der Waals surface area contributed by atoms with Crippen molar-refractivity contribution in [3.8, 4) is 11.5 Å². The molecule has 4 nitrogen and oxygen atoms in total. The third kappa shape index (κ3) is 3.42. The Labute approximate surface area is 133 Å². The van der Waals surface area contributed by atoms with Crippen LogP contribution >= 0.6 is 39.1 Å². The van der Waals surface area contributed by atoms with Gasteiger partial charge in [-0.15, -0.1) is 0 Å². The number of nitrogens with zero attached hydrogens (tertiary/aromatic N) is 1. The van der Waals surface area contributed by atoms with E-state index in [1.165, 1.54) is 12.1 Å². The molecule has 0 aliphatic carbocycles. The lowest BCUT2D eigenvalue weighted by Crippen LogP contribution is -1.93. The van der Waals surface area contributed by atoms with Crippen molar-refractivity contribution in [2.45, 2.75) is 5.33 Å². The molecule has 0 unspecified atom stereocenters. The van der Waals surface area contributed by atoms with Crippen LogP contribution in [0.3, 0.4) is 0 Å². The first kappa shape index (κ1) is 15.1. The predicted molar refractivity (Wildman–Crippen MR) is 82.3 cm³/mol. The summed E-state index contributed by atoms with van der Waals surface area (Å²) in [7, 11) is 0. The van der Waals surface area contributed by atoms with Crippen LogP contribution in [-0.2, 0) is 5.33 Å². The number of alkyl halides is 1. The van der Waals surface area contributed by atoms with E-state index in [0.29, 0.717) is 32.4 Å². The number of non-ortho nitro benzene ring substituents is 1. The van der Waals surface area contributed by atoms with Gasteiger partial charge in [0.25, 0.3) is 5.69 Å². The summed E-state index contributed by atoms with van der Waals surface area (Å²) >= 11 is 15.0. The summed E-state index contributed by atoms with van der Waals surface area (Å²) in [5.74, 6) is 1.03. The van der Waals surface area contributed by atoms with Gasteiger partial charge in [0.05, 0.1) is 15.0 Å². The highest BCUT2D eigenvalue weighted by Crippen LogP contribution is 2.33. The lowest BCUT2D eigenvalue weighted by Gasteiger charge is -2.10. The smallest absolute Gasteiger partial charge is 0.270 e. The molecular weight excluding hydrogens is 369 g/mol. The molecule has 0 fully saturated rings. The van der Waals surface area contributed by atoms with Gasteiger partial charge in [0.1, 0.15) is 11.5 Å². The number of halogens is 3. The zero-order valence-electron chi connectivity index (χ0n) is 9.98. The highest BCUT2D eigenvalue weighted by Gasteiger charge is 2.12. The average molecular weight is 377 g/mol. The second kappa shape index (κ2) is 6.43. The normalized spacial score (nSPS) is 10.3. The lowest BCUT2D eigenvalue weighted by atomic mass is 10.2. The van der Waals surface area contributed by atoms with Crippen molar-refractivity contribution < 1.29 is 9.66 Å². The van der Waals surface area contributed by atoms with E-state index >= 15 is 0 Å². The van der Waals surface area contributed by atoms with Gasteiger partial charge in [-0.25, -0.2) is 0 Å². The molecule has 7 heteroatoms. The van der Waals surface area contributed by atoms with Crippen molar-refractivity contribution in [1.29, 1.82) is 0 Å². The van der Waals surface area contributed by atoms with E-state index in [2.05, 4.69) is 15.9 Å². The summed E-state index contributed by atoms with van der Waals surface area (Å²) < 4.78 is 5.68. The summed E-state index contributed by atoms with van der Waals surface area (Å²) in [6.45, 7) is 0. The maximum Gasteiger partial charge on any atom is 0.270 e. The number of hydrogen-bond donors (Lipinski definition) is 0. The fraction of sp³-hybridized carbons (Fsp3) is 0.0769. The van der Waals surface area contributed by atoms with Crippen molar-refractivity contribution in [3.05, 3.63) is 62.1 Å². The topological polar surface area (TPSA) is 52.4 Å². The number of rotatable bonds is 4. The monoisotopic (exact) mass is 375 g/mol. The Morgan fingerprint density at radius 1 is 1.15 bits per heavy atom. The zero-order chi connectivity index (χ0) is 14.7. The minimum Gasteiger partial charge on any atom is -0.457 e. The molecule has 20 heavy (non-hydrogen) atoms. The van der Waals surface area contributed by atoms with Gasteiger partial charge in [0.2, 0.25) is 0 Å². The van der Waals surface area contributed by atoms with Gasteiger partial charge in [0.15, 0.2) is 0 Å². The van der Waals surface area contributed by atoms with Crippen LogP contribution in [0.15, 0.2) is 36.4 Å². The van der Waals surface area contributed by atoms with Gasteiger partial charge < -0.3 is 4.74 Å². The zero-order valence-corrected chi connectivity index (χ0v) is 13.1. The number of nitro benzene ring substituents is 1. The molecule has 2 rings (SSSR count). The van der Waals surface area contributed by atoms with Crippen LogP contribution in [0.25, 0.3) is 0 Å². The number of nitro groups is 1. The molecule has 0 bridgehead atoms. The largest absolute Gasteiger partial charge is 0.457 e. The molecule has 0 spiro atoms. The van der Waals surface area contributed by atoms with Crippen LogP contribution in [-0.4, -0.2) is 4.92 Å². The van der Waals surface area contributed by atoms with E-state index in [9.17, 15) is 10.1 Å². The van der Waals surface area contributed by atoms with E-state index in [1.807, 2.05) is 0 Å². The number of hydrogen-bond acceptors (Lipinski definition) is 3. The van der Waals surface area contributed by atoms with Crippen molar-refractivity contribution in [2.75, 3.05) is 0 Å². The van der Waals surface area contributed by atoms with E-state index in [4.69, 9.17) is 27.9 Å². The van der Waals surface area contributed by atoms with Crippen LogP contribution in [0.1, 0.15) is 5.56 Å². The maximum absolute atomic E-state index is 10.7. The fourth-order valence-electron chi connectivity index (χ4n) is 1.55. The second-order valence-electron chi connectivity index (χ2n) is 3.86. The maximum atomic E-state index is 10.7. The summed E-state index contributed by atoms with van der Waals surface area (Å²) in [6, 6.07) is 9.28. The van der Waals surface area contributed by atoms with Crippen LogP contribution in [0.2, 0.25) is 10.0 Å². The summed E-state index contributed by atoms with van der Waals surface area (Å²) in [4.78, 5) is 10.3. The third-order valence-electron chi connectivity index (χ3n) is 2.52. The van der Waals surface area contributed by atoms with Gasteiger partial charge >= 0.3 is 0 Å². The van der Waals surface area contributed by atoms with Crippen molar-refractivity contribution in [3.63, 3.8) is 0 Å². The number of ether oxygens (including phenoxy) is 1. The molecular formula is C13H8BrCl2NO3. The third-order valence-corrected chi connectivity index (χ3v) is 3.86. The van der Waals surface area contributed by atoms with Gasteiger partial charge in [-0.3, -0.25) is 10.1 Å². The molecule has 0 aliphatic rings. The van der Waals surface area contributed by atoms with E-state index < -0.39 is 4.92 Å². The molecule has 0 saturated carbocycles. The van der Waals surface area contributed by atoms with Gasteiger partial charge in [-0.2, -0.15) is 0 Å². The molecule has 0 heterocycles. The Morgan fingerprint density at radius 3 is 2.50 bits per heavy atom. The summed E-state index contributed by atoms with van der Waals surface area (Å²) in [5, 5.41) is 12.0. The first-order valence-electron chi connectivity index (χ1n) is 5.47. The first-order chi connectivity index (χ1) is 9.51. The highest BCUT2D eigenvalue weighted by molar-refractivity contribution is 9.08. The second-order valence-corrected chi connectivity index (χ2v) is 5.24. The molecule has 0 saturated heterocycles. The Bertz CT molecular complexity index is 664. The Kier molecular flexibility index (Phi) is 4.86. The van der Waals surface area contributed by atoms with Crippen LogP contribution in [0.5, 0.6) is 11.5 Å². The quantitative estimate of drug-likeness (QED) is 0.397. The summed E-state index contributed by atoms with van der Waals surface area (Å²) in [5.41, 5.74) is 0.686. The molecule has 104 valence electrons. The Hall–Kier alpha value is -1.30. The Balaban J connectivity index is 2.32. The van der Waals surface area contributed by atoms with Crippen molar-refractivity contribution in [1.82, 2.24) is 0 Å². The standard InChI is InChI=1S/C13H8BrCl2NO3/c14-7-8-5-9(17(18)19)1-4-13(8)20-10-2-3-11(15)12(16)6-10/h1-6H,7H2. The van der Waals surface area contributed by atoms with Gasteiger partial charge in [-0.1, -0.05) is 39.1 Å². The van der Waals surface area contributed by atoms with E-state index in [1.54, 1.807) is 24.3 Å². The fourth-order valence-corrected chi connectivity index (χ4v) is 2.28. The minimum atomic E-state index is -0.449. The number of benzene rings is 2. The molecule has 0 N–H and O–H groups in total. The van der Waals surface area contributed by atoms with Crippen LogP contribution in [0.4, 0.5) is 5.69 Å². The van der Waals surface area contributed by atoms with Crippen molar-refractivity contribution in [2.24, 2.45) is 0 Å². The molecule has 2 aromatic carbocycles. The first-order valence-corrected chi connectivity index (χ1v) is 7.35. The predicted octanol–water partition coefficient (Wildman–Crippen LogP) is 5.59. The van der Waals surface area contributed by atoms with E-state index in [-0.39, 0.29) is 5.69 Å². The Morgan fingerprint density at radius 2 is 1.90 bits per heavy atom. The minimum absolute atomic E-state index is 0.0148. The molecule has 2 aromatic rings. The highest BCUT2D eigenvalue weighted by atomic mass is 79.9. The van der Waals surface area contributed by atoms with Crippen molar-refractivity contribution >= 4 is 44.8 Å². The molecule has 0 atom stereocenters. The molecule has 0 aliphatic heterocycles.